The molecule has 8 heteroatoms. The highest BCUT2D eigenvalue weighted by Gasteiger charge is 2.32. The zero-order valence-electron chi connectivity index (χ0n) is 23.1. The monoisotopic (exact) mass is 529 g/mol. The van der Waals surface area contributed by atoms with Crippen LogP contribution in [0, 0.1) is 23.7 Å². The number of hydrogen-bond donors (Lipinski definition) is 1. The van der Waals surface area contributed by atoms with Gasteiger partial charge in [0.15, 0.2) is 0 Å². The van der Waals surface area contributed by atoms with E-state index in [1.165, 1.54) is 7.11 Å². The molecule has 38 heavy (non-hydrogen) atoms. The summed E-state index contributed by atoms with van der Waals surface area (Å²) in [5, 5.41) is 11.1. The van der Waals surface area contributed by atoms with Crippen molar-refractivity contribution in [2.24, 2.45) is 11.8 Å². The lowest BCUT2D eigenvalue weighted by molar-refractivity contribution is -0.165. The van der Waals surface area contributed by atoms with Gasteiger partial charge in [0, 0.05) is 38.6 Å². The van der Waals surface area contributed by atoms with Gasteiger partial charge in [-0.05, 0) is 50.2 Å². The Morgan fingerprint density at radius 1 is 1.21 bits per heavy atom. The Bertz CT molecular complexity index is 926. The van der Waals surface area contributed by atoms with Gasteiger partial charge in [-0.3, -0.25) is 14.5 Å². The zero-order chi connectivity index (χ0) is 27.9. The molecule has 0 amide bonds. The number of methoxy groups -OCH3 is 1. The Labute approximate surface area is 227 Å². The number of aldehydes is 1. The molecule has 210 valence electrons. The van der Waals surface area contributed by atoms with E-state index in [4.69, 9.17) is 14.2 Å². The van der Waals surface area contributed by atoms with Gasteiger partial charge in [0.25, 0.3) is 0 Å². The van der Waals surface area contributed by atoms with E-state index in [1.54, 1.807) is 6.92 Å². The van der Waals surface area contributed by atoms with Gasteiger partial charge >= 0.3 is 11.9 Å². The van der Waals surface area contributed by atoms with Crippen LogP contribution in [0.25, 0.3) is 0 Å². The molecule has 1 aliphatic heterocycles. The SMILES string of the molecule is CCC(=O)OC1CC(=O)OC(C)CCN(CC#Cc2ccccc2)CC(O)C(C)CC(CC=O)CC1OC. The summed E-state index contributed by atoms with van der Waals surface area (Å²) in [7, 11) is 1.50. The highest BCUT2D eigenvalue weighted by Crippen LogP contribution is 2.27. The van der Waals surface area contributed by atoms with E-state index in [2.05, 4.69) is 16.7 Å². The smallest absolute Gasteiger partial charge is 0.309 e. The van der Waals surface area contributed by atoms with Crippen LogP contribution < -0.4 is 0 Å². The number of β-amino-alcohol motifs (C(OH)–C–C–N with tert-alkyl or cyclic N) is 1. The fraction of sp³-hybridized carbons (Fsp3) is 0.633. The number of ether oxygens (including phenoxy) is 3. The maximum Gasteiger partial charge on any atom is 0.309 e. The van der Waals surface area contributed by atoms with Gasteiger partial charge in [-0.15, -0.1) is 0 Å². The average Bonchev–Trinajstić information content (AvgIpc) is 2.89. The molecule has 1 saturated heterocycles. The molecule has 0 aliphatic carbocycles. The van der Waals surface area contributed by atoms with Crippen LogP contribution in [0.2, 0.25) is 0 Å². The van der Waals surface area contributed by atoms with Crippen molar-refractivity contribution in [3.05, 3.63) is 35.9 Å². The predicted octanol–water partition coefficient (Wildman–Crippen LogP) is 3.38. The van der Waals surface area contributed by atoms with Crippen molar-refractivity contribution in [1.82, 2.24) is 4.90 Å². The van der Waals surface area contributed by atoms with Crippen LogP contribution in [0.3, 0.4) is 0 Å². The maximum atomic E-state index is 12.8. The summed E-state index contributed by atoms with van der Waals surface area (Å²) in [6.07, 6.45) is 0.294. The Morgan fingerprint density at radius 2 is 1.95 bits per heavy atom. The first-order valence-electron chi connectivity index (χ1n) is 13.5. The maximum absolute atomic E-state index is 12.8. The minimum atomic E-state index is -0.823. The number of carbonyl (C=O) groups excluding carboxylic acids is 3. The van der Waals surface area contributed by atoms with E-state index in [0.29, 0.717) is 38.9 Å². The highest BCUT2D eigenvalue weighted by atomic mass is 16.6. The number of carbonyl (C=O) groups is 3. The molecule has 1 N–H and O–H groups in total. The van der Waals surface area contributed by atoms with Gasteiger partial charge in [-0.25, -0.2) is 0 Å². The van der Waals surface area contributed by atoms with Crippen LogP contribution in [0.15, 0.2) is 30.3 Å². The van der Waals surface area contributed by atoms with Gasteiger partial charge in [0.2, 0.25) is 0 Å². The van der Waals surface area contributed by atoms with Crippen molar-refractivity contribution in [2.45, 2.75) is 83.7 Å². The van der Waals surface area contributed by atoms with E-state index in [0.717, 1.165) is 11.8 Å². The molecule has 1 aromatic rings. The largest absolute Gasteiger partial charge is 0.463 e. The summed E-state index contributed by atoms with van der Waals surface area (Å²) in [6.45, 7) is 6.92. The molecule has 1 aliphatic rings. The number of nitrogens with zero attached hydrogens (tertiary/aromatic N) is 1. The summed E-state index contributed by atoms with van der Waals surface area (Å²) in [4.78, 5) is 38.4. The van der Waals surface area contributed by atoms with Crippen LogP contribution in [-0.4, -0.2) is 79.4 Å². The topological polar surface area (TPSA) is 102 Å². The van der Waals surface area contributed by atoms with Crippen molar-refractivity contribution in [3.63, 3.8) is 0 Å². The van der Waals surface area contributed by atoms with Crippen LogP contribution in [-0.2, 0) is 28.6 Å². The van der Waals surface area contributed by atoms with Gasteiger partial charge in [0.05, 0.1) is 25.2 Å². The molecule has 6 atom stereocenters. The minimum absolute atomic E-state index is 0.0980. The van der Waals surface area contributed by atoms with Gasteiger partial charge in [-0.1, -0.05) is 43.9 Å². The normalized spacial score (nSPS) is 28.1. The van der Waals surface area contributed by atoms with Crippen molar-refractivity contribution in [2.75, 3.05) is 26.7 Å². The van der Waals surface area contributed by atoms with Crippen LogP contribution >= 0.6 is 0 Å². The van der Waals surface area contributed by atoms with Crippen molar-refractivity contribution in [3.8, 4) is 11.8 Å². The highest BCUT2D eigenvalue weighted by molar-refractivity contribution is 5.72. The van der Waals surface area contributed by atoms with Gasteiger partial charge in [0.1, 0.15) is 18.5 Å². The molecule has 1 heterocycles. The summed E-state index contributed by atoms with van der Waals surface area (Å²) >= 11 is 0. The molecule has 6 unspecified atom stereocenters. The molecule has 0 spiro atoms. The molecule has 8 nitrogen and oxygen atoms in total. The Morgan fingerprint density at radius 3 is 2.61 bits per heavy atom. The van der Waals surface area contributed by atoms with Gasteiger partial charge in [-0.2, -0.15) is 0 Å². The number of esters is 2. The molecular formula is C30H43NO7. The lowest BCUT2D eigenvalue weighted by Gasteiger charge is -2.31. The lowest BCUT2D eigenvalue weighted by atomic mass is 9.85. The summed E-state index contributed by atoms with van der Waals surface area (Å²) in [6, 6.07) is 9.71. The van der Waals surface area contributed by atoms with E-state index < -0.39 is 30.3 Å². The summed E-state index contributed by atoms with van der Waals surface area (Å²) in [5.74, 6) is 5.23. The second kappa shape index (κ2) is 17.0. The van der Waals surface area contributed by atoms with E-state index in [-0.39, 0.29) is 37.2 Å². The number of aliphatic hydroxyl groups excluding tert-OH is 1. The first-order chi connectivity index (χ1) is 18.2. The van der Waals surface area contributed by atoms with E-state index in [1.807, 2.05) is 44.2 Å². The van der Waals surface area contributed by atoms with E-state index >= 15 is 0 Å². The van der Waals surface area contributed by atoms with Crippen LogP contribution in [0.5, 0.6) is 0 Å². The fourth-order valence-electron chi connectivity index (χ4n) is 4.65. The fourth-order valence-corrected chi connectivity index (χ4v) is 4.65. The molecule has 0 aromatic heterocycles. The third-order valence-corrected chi connectivity index (χ3v) is 6.95. The molecular weight excluding hydrogens is 486 g/mol. The average molecular weight is 530 g/mol. The third kappa shape index (κ3) is 11.3. The molecule has 1 aromatic carbocycles. The zero-order valence-corrected chi connectivity index (χ0v) is 23.1. The lowest BCUT2D eigenvalue weighted by Crippen LogP contribution is -2.38. The van der Waals surface area contributed by atoms with E-state index in [9.17, 15) is 19.5 Å². The Hall–Kier alpha value is -2.73. The molecule has 0 radical (unpaired) electrons. The quantitative estimate of drug-likeness (QED) is 0.340. The second-order valence-corrected chi connectivity index (χ2v) is 10.1. The third-order valence-electron chi connectivity index (χ3n) is 6.95. The number of aliphatic hydroxyl groups is 1. The number of rotatable bonds is 6. The first-order valence-corrected chi connectivity index (χ1v) is 13.5. The standard InChI is InChI=1S/C30H43NO7/c1-5-29(34)38-28-20-30(35)37-23(3)13-16-31(15-9-12-24-10-7-6-8-11-24)21-26(33)22(2)18-25(14-17-32)19-27(28)36-4/h6-8,10-11,17,22-23,25-28,33H,5,13-16,18-21H2,1-4H3. The minimum Gasteiger partial charge on any atom is -0.463 e. The Balaban J connectivity index is 2.25. The van der Waals surface area contributed by atoms with Crippen molar-refractivity contribution >= 4 is 18.2 Å². The van der Waals surface area contributed by atoms with Crippen LogP contribution in [0.1, 0.15) is 64.9 Å². The predicted molar refractivity (Wildman–Crippen MR) is 144 cm³/mol. The second-order valence-electron chi connectivity index (χ2n) is 10.1. The van der Waals surface area contributed by atoms with Gasteiger partial charge < -0.3 is 24.1 Å². The summed E-state index contributed by atoms with van der Waals surface area (Å²) in [5.41, 5.74) is 0.921. The molecule has 0 bridgehead atoms. The number of benzene rings is 1. The van der Waals surface area contributed by atoms with Crippen molar-refractivity contribution < 1.29 is 33.7 Å². The molecule has 1 fully saturated rings. The Kier molecular flexibility index (Phi) is 14.1. The van der Waals surface area contributed by atoms with Crippen LogP contribution in [0.4, 0.5) is 0 Å². The van der Waals surface area contributed by atoms with Crippen molar-refractivity contribution in [1.29, 1.82) is 0 Å². The first kappa shape index (κ1) is 31.5. The number of cyclic esters (lactones) is 1. The molecule has 0 saturated carbocycles. The molecule has 2 rings (SSSR count). The number of hydrogen-bond acceptors (Lipinski definition) is 8. The summed E-state index contributed by atoms with van der Waals surface area (Å²) < 4.78 is 16.9.